The predicted octanol–water partition coefficient (Wildman–Crippen LogP) is 20.7. The van der Waals surface area contributed by atoms with Crippen LogP contribution in [0.25, 0.3) is 0 Å². The summed E-state index contributed by atoms with van der Waals surface area (Å²) in [6, 6.07) is 0. The SMILES string of the molecule is CCCCCC=CCC=CCC=CCC=CCCCC(=O)O.CCCCCCCCC=CCCCCCCCCCCCCCC(=O)O.CCCCCCCCCC=CC=CC=CC=CC=CC(=O)O. The van der Waals surface area contributed by atoms with E-state index < -0.39 is 17.9 Å². The van der Waals surface area contributed by atoms with Gasteiger partial charge in [-0.1, -0.05) is 277 Å². The fourth-order valence-corrected chi connectivity index (χ4v) is 7.26. The van der Waals surface area contributed by atoms with Crippen molar-refractivity contribution in [3.05, 3.63) is 122 Å². The average Bonchev–Trinajstić information content (AvgIpc) is 3.34. The maximum absolute atomic E-state index is 10.4. The smallest absolute Gasteiger partial charge is 0.328 e. The zero-order valence-corrected chi connectivity index (χ0v) is 45.5. The van der Waals surface area contributed by atoms with Crippen molar-refractivity contribution in [2.45, 2.75) is 265 Å². The molecule has 0 bridgehead atoms. The van der Waals surface area contributed by atoms with E-state index in [1.807, 2.05) is 24.3 Å². The molecule has 0 aliphatic rings. The highest BCUT2D eigenvalue weighted by Gasteiger charge is 1.97. The summed E-state index contributed by atoms with van der Waals surface area (Å²) in [4.78, 5) is 30.9. The van der Waals surface area contributed by atoms with Crippen LogP contribution in [0.3, 0.4) is 0 Å². The van der Waals surface area contributed by atoms with E-state index in [1.54, 1.807) is 12.2 Å². The maximum Gasteiger partial charge on any atom is 0.328 e. The molecule has 400 valence electrons. The number of aliphatic carboxylic acids is 3. The Labute approximate surface area is 432 Å². The molecule has 0 aromatic carbocycles. The van der Waals surface area contributed by atoms with Crippen molar-refractivity contribution in [3.8, 4) is 0 Å². The zero-order chi connectivity index (χ0) is 51.7. The topological polar surface area (TPSA) is 112 Å². The number of unbranched alkanes of at least 4 members (excludes halogenated alkanes) is 28. The van der Waals surface area contributed by atoms with Gasteiger partial charge in [-0.25, -0.2) is 4.79 Å². The fourth-order valence-electron chi connectivity index (χ4n) is 7.26. The lowest BCUT2D eigenvalue weighted by Gasteiger charge is -2.02. The van der Waals surface area contributed by atoms with Gasteiger partial charge in [0.05, 0.1) is 0 Å². The Morgan fingerprint density at radius 1 is 0.271 bits per heavy atom. The van der Waals surface area contributed by atoms with Crippen molar-refractivity contribution in [2.24, 2.45) is 0 Å². The molecular formula is C64H108O6. The standard InChI is InChI=1S/C24H46O2.C20H32O2.C20H30O2/c1-2-3-4-5-6-7-8-9-10-11-12-13-14-15-16-17-18-19-20-21-22-23-24(25)26;2*1-2-3-4-5-6-7-8-9-10-11-12-13-14-15-16-17-18-19-20(21)22/h9-10H,2-8,11-23H2,1H3,(H,25,26);6-7,9-10,12-13,15-16H,2-5,8,11,14,17-19H2,1H3,(H,21,22);10-19H,2-9H2,1H3,(H,21,22). The lowest BCUT2D eigenvalue weighted by molar-refractivity contribution is -0.138. The number of hydrogen-bond acceptors (Lipinski definition) is 3. The highest BCUT2D eigenvalue weighted by Crippen LogP contribution is 2.14. The molecule has 0 aliphatic heterocycles. The van der Waals surface area contributed by atoms with Gasteiger partial charge < -0.3 is 15.3 Å². The lowest BCUT2D eigenvalue weighted by Crippen LogP contribution is -1.93. The Balaban J connectivity index is -0.000000967. The van der Waals surface area contributed by atoms with Gasteiger partial charge in [0.2, 0.25) is 0 Å². The molecule has 0 amide bonds. The highest BCUT2D eigenvalue weighted by atomic mass is 16.4. The van der Waals surface area contributed by atoms with E-state index in [0.29, 0.717) is 6.42 Å². The molecule has 0 atom stereocenters. The summed E-state index contributed by atoms with van der Waals surface area (Å²) in [5, 5.41) is 25.4. The number of allylic oxidation sites excluding steroid dienone is 19. The molecule has 0 aromatic rings. The number of carbonyl (C=O) groups is 3. The van der Waals surface area contributed by atoms with Crippen molar-refractivity contribution in [3.63, 3.8) is 0 Å². The first-order valence-electron chi connectivity index (χ1n) is 28.6. The molecule has 0 fully saturated rings. The first kappa shape index (κ1) is 70.1. The van der Waals surface area contributed by atoms with Gasteiger partial charge in [-0.2, -0.15) is 0 Å². The van der Waals surface area contributed by atoms with Crippen LogP contribution in [0.5, 0.6) is 0 Å². The fraction of sp³-hybridized carbons (Fsp3) is 0.641. The molecule has 0 aliphatic carbocycles. The van der Waals surface area contributed by atoms with Gasteiger partial charge >= 0.3 is 17.9 Å². The third kappa shape index (κ3) is 78.0. The Bertz CT molecular complexity index is 1400. The first-order chi connectivity index (χ1) is 34.3. The van der Waals surface area contributed by atoms with Gasteiger partial charge in [0.25, 0.3) is 0 Å². The van der Waals surface area contributed by atoms with Gasteiger partial charge in [-0.05, 0) is 89.9 Å². The monoisotopic (exact) mass is 973 g/mol. The predicted molar refractivity (Wildman–Crippen MR) is 307 cm³/mol. The normalized spacial score (nSPS) is 12.2. The Hall–Kier alpha value is -4.19. The van der Waals surface area contributed by atoms with Gasteiger partial charge in [-0.3, -0.25) is 9.59 Å². The van der Waals surface area contributed by atoms with Crippen LogP contribution in [-0.4, -0.2) is 33.2 Å². The summed E-state index contributed by atoms with van der Waals surface area (Å²) >= 11 is 0. The minimum absolute atomic E-state index is 0.262. The summed E-state index contributed by atoms with van der Waals surface area (Å²) in [5.74, 6) is -2.30. The van der Waals surface area contributed by atoms with Crippen molar-refractivity contribution < 1.29 is 29.7 Å². The van der Waals surface area contributed by atoms with E-state index in [1.165, 1.54) is 186 Å². The highest BCUT2D eigenvalue weighted by molar-refractivity contribution is 5.80. The van der Waals surface area contributed by atoms with E-state index in [0.717, 1.165) is 57.4 Å². The maximum atomic E-state index is 10.4. The van der Waals surface area contributed by atoms with E-state index in [4.69, 9.17) is 15.3 Å². The molecule has 0 rings (SSSR count). The third-order valence-corrected chi connectivity index (χ3v) is 11.5. The van der Waals surface area contributed by atoms with Gasteiger partial charge in [0.15, 0.2) is 0 Å². The summed E-state index contributed by atoms with van der Waals surface area (Å²) in [6.45, 7) is 6.76. The van der Waals surface area contributed by atoms with E-state index in [9.17, 15) is 14.4 Å². The summed E-state index contributed by atoms with van der Waals surface area (Å²) in [6.07, 6.45) is 86.2. The minimum atomic E-state index is -0.931. The van der Waals surface area contributed by atoms with Crippen LogP contribution in [0.2, 0.25) is 0 Å². The molecule has 0 aromatic heterocycles. The molecular weight excluding hydrogens is 865 g/mol. The van der Waals surface area contributed by atoms with Crippen LogP contribution in [0.1, 0.15) is 265 Å². The minimum Gasteiger partial charge on any atom is -0.481 e. The van der Waals surface area contributed by atoms with Crippen molar-refractivity contribution >= 4 is 17.9 Å². The largest absolute Gasteiger partial charge is 0.481 e. The molecule has 0 spiro atoms. The van der Waals surface area contributed by atoms with Crippen LogP contribution < -0.4 is 0 Å². The Kier molecular flexibility index (Phi) is 67.0. The van der Waals surface area contributed by atoms with Gasteiger partial charge in [0, 0.05) is 18.9 Å². The van der Waals surface area contributed by atoms with E-state index in [-0.39, 0.29) is 6.42 Å². The molecule has 0 saturated heterocycles. The molecule has 6 nitrogen and oxygen atoms in total. The number of rotatable bonds is 48. The molecule has 0 saturated carbocycles. The molecule has 70 heavy (non-hydrogen) atoms. The lowest BCUT2D eigenvalue weighted by atomic mass is 10.0. The number of carboxylic acid groups (broad SMARTS) is 3. The second-order valence-electron chi connectivity index (χ2n) is 18.4. The average molecular weight is 974 g/mol. The molecule has 6 heteroatoms. The van der Waals surface area contributed by atoms with Crippen molar-refractivity contribution in [1.29, 1.82) is 0 Å². The quantitative estimate of drug-likeness (QED) is 0.0242. The molecule has 0 heterocycles. The number of hydrogen-bond donors (Lipinski definition) is 3. The summed E-state index contributed by atoms with van der Waals surface area (Å²) < 4.78 is 0. The second-order valence-corrected chi connectivity index (χ2v) is 18.4. The number of carboxylic acids is 3. The van der Waals surface area contributed by atoms with Gasteiger partial charge in [-0.15, -0.1) is 0 Å². The Morgan fingerprint density at radius 2 is 0.529 bits per heavy atom. The Morgan fingerprint density at radius 3 is 0.914 bits per heavy atom. The van der Waals surface area contributed by atoms with Gasteiger partial charge in [0.1, 0.15) is 0 Å². The second kappa shape index (κ2) is 66.9. The van der Waals surface area contributed by atoms with E-state index in [2.05, 4.69) is 93.7 Å². The van der Waals surface area contributed by atoms with Crippen LogP contribution >= 0.6 is 0 Å². The third-order valence-electron chi connectivity index (χ3n) is 11.5. The summed E-state index contributed by atoms with van der Waals surface area (Å²) in [7, 11) is 0. The molecule has 0 unspecified atom stereocenters. The van der Waals surface area contributed by atoms with Crippen LogP contribution in [0.15, 0.2) is 122 Å². The molecule has 3 N–H and O–H groups in total. The zero-order valence-electron chi connectivity index (χ0n) is 45.5. The van der Waals surface area contributed by atoms with Crippen LogP contribution in [0.4, 0.5) is 0 Å². The summed E-state index contributed by atoms with van der Waals surface area (Å²) in [5.41, 5.74) is 0. The van der Waals surface area contributed by atoms with E-state index >= 15 is 0 Å². The van der Waals surface area contributed by atoms with Crippen LogP contribution in [-0.2, 0) is 14.4 Å². The van der Waals surface area contributed by atoms with Crippen molar-refractivity contribution in [2.75, 3.05) is 0 Å². The molecule has 0 radical (unpaired) electrons. The van der Waals surface area contributed by atoms with Crippen LogP contribution in [0, 0.1) is 0 Å². The van der Waals surface area contributed by atoms with Crippen molar-refractivity contribution in [1.82, 2.24) is 0 Å². The first-order valence-corrected chi connectivity index (χ1v) is 28.6.